The van der Waals surface area contributed by atoms with Gasteiger partial charge in [0.15, 0.2) is 0 Å². The number of aliphatic hydroxyl groups is 1. The number of benzene rings is 1. The Balaban J connectivity index is 2.69. The molecule has 0 aliphatic heterocycles. The molecule has 0 saturated carbocycles. The van der Waals surface area contributed by atoms with Crippen molar-refractivity contribution in [2.75, 3.05) is 33.5 Å². The molecule has 0 aromatic heterocycles. The lowest BCUT2D eigenvalue weighted by Crippen LogP contribution is -2.34. The molecule has 1 aromatic rings. The molecule has 102 valence electrons. The normalized spacial score (nSPS) is 12.7. The lowest BCUT2D eigenvalue weighted by molar-refractivity contribution is 0.103. The number of likely N-dealkylation sites (N-methyl/N-ethyl adjacent to an activating group) is 2. The lowest BCUT2D eigenvalue weighted by Gasteiger charge is -2.24. The summed E-state index contributed by atoms with van der Waals surface area (Å²) in [6.45, 7) is 6.42. The van der Waals surface area contributed by atoms with Crippen molar-refractivity contribution in [3.05, 3.63) is 29.8 Å². The predicted octanol–water partition coefficient (Wildman–Crippen LogP) is 1.62. The van der Waals surface area contributed by atoms with Crippen LogP contribution in [0.2, 0.25) is 0 Å². The molecule has 18 heavy (non-hydrogen) atoms. The van der Waals surface area contributed by atoms with Crippen molar-refractivity contribution in [1.82, 2.24) is 10.2 Å². The standard InChI is InChI=1S/C14H24N2O2/c1-4-16(11-17)10-14(15-3)12-6-8-13(9-7-12)18-5-2/h6-9,14-15,17H,4-5,10-11H2,1-3H3/t14-/m1/s1. The van der Waals surface area contributed by atoms with Crippen LogP contribution in [0.4, 0.5) is 0 Å². The zero-order chi connectivity index (χ0) is 13.4. The van der Waals surface area contributed by atoms with E-state index in [2.05, 4.69) is 17.4 Å². The fourth-order valence-corrected chi connectivity index (χ4v) is 1.87. The van der Waals surface area contributed by atoms with Gasteiger partial charge in [-0.05, 0) is 38.2 Å². The molecule has 0 unspecified atom stereocenters. The Labute approximate surface area is 110 Å². The Morgan fingerprint density at radius 3 is 2.39 bits per heavy atom. The summed E-state index contributed by atoms with van der Waals surface area (Å²) in [6, 6.07) is 8.32. The highest BCUT2D eigenvalue weighted by Gasteiger charge is 2.12. The smallest absolute Gasteiger partial charge is 0.119 e. The number of nitrogens with one attached hydrogen (secondary N) is 1. The second-order valence-electron chi connectivity index (χ2n) is 4.15. The Morgan fingerprint density at radius 2 is 1.94 bits per heavy atom. The predicted molar refractivity (Wildman–Crippen MR) is 73.7 cm³/mol. The highest BCUT2D eigenvalue weighted by atomic mass is 16.5. The first-order chi connectivity index (χ1) is 8.74. The summed E-state index contributed by atoms with van der Waals surface area (Å²) in [4.78, 5) is 1.98. The van der Waals surface area contributed by atoms with E-state index in [1.807, 2.05) is 37.9 Å². The molecule has 0 radical (unpaired) electrons. The maximum atomic E-state index is 9.21. The Kier molecular flexibility index (Phi) is 6.72. The van der Waals surface area contributed by atoms with Gasteiger partial charge in [0.2, 0.25) is 0 Å². The van der Waals surface area contributed by atoms with Crippen LogP contribution < -0.4 is 10.1 Å². The second-order valence-corrected chi connectivity index (χ2v) is 4.15. The van der Waals surface area contributed by atoms with Gasteiger partial charge in [0.1, 0.15) is 5.75 Å². The maximum Gasteiger partial charge on any atom is 0.119 e. The van der Waals surface area contributed by atoms with Crippen molar-refractivity contribution in [3.8, 4) is 5.75 Å². The molecule has 1 aromatic carbocycles. The van der Waals surface area contributed by atoms with Crippen LogP contribution in [0.15, 0.2) is 24.3 Å². The van der Waals surface area contributed by atoms with Crippen LogP contribution >= 0.6 is 0 Å². The minimum atomic E-state index is 0.0890. The molecule has 1 rings (SSSR count). The zero-order valence-corrected chi connectivity index (χ0v) is 11.5. The quantitative estimate of drug-likeness (QED) is 0.690. The molecule has 0 aliphatic carbocycles. The van der Waals surface area contributed by atoms with E-state index in [9.17, 15) is 5.11 Å². The van der Waals surface area contributed by atoms with Crippen molar-refractivity contribution in [1.29, 1.82) is 0 Å². The SMILES string of the molecule is CCOc1ccc([C@@H](CN(CC)CO)NC)cc1. The molecule has 0 amide bonds. The molecular formula is C14H24N2O2. The molecule has 0 bridgehead atoms. The molecule has 4 heteroatoms. The van der Waals surface area contributed by atoms with E-state index in [4.69, 9.17) is 4.74 Å². The van der Waals surface area contributed by atoms with E-state index in [-0.39, 0.29) is 12.8 Å². The van der Waals surface area contributed by atoms with Gasteiger partial charge in [0, 0.05) is 12.6 Å². The topological polar surface area (TPSA) is 44.7 Å². The van der Waals surface area contributed by atoms with Gasteiger partial charge in [-0.15, -0.1) is 0 Å². The molecular weight excluding hydrogens is 228 g/mol. The summed E-state index contributed by atoms with van der Waals surface area (Å²) in [5.74, 6) is 0.894. The number of aliphatic hydroxyl groups excluding tert-OH is 1. The van der Waals surface area contributed by atoms with Crippen LogP contribution in [-0.4, -0.2) is 43.5 Å². The van der Waals surface area contributed by atoms with E-state index in [0.29, 0.717) is 6.61 Å². The zero-order valence-electron chi connectivity index (χ0n) is 11.5. The molecule has 0 aliphatic rings. The fourth-order valence-electron chi connectivity index (χ4n) is 1.87. The number of hydrogen-bond donors (Lipinski definition) is 2. The van der Waals surface area contributed by atoms with Gasteiger partial charge in [0.05, 0.1) is 13.3 Å². The van der Waals surface area contributed by atoms with Crippen molar-refractivity contribution >= 4 is 0 Å². The first-order valence-corrected chi connectivity index (χ1v) is 6.48. The van der Waals surface area contributed by atoms with Gasteiger partial charge < -0.3 is 15.2 Å². The van der Waals surface area contributed by atoms with Crippen molar-refractivity contribution in [2.24, 2.45) is 0 Å². The number of nitrogens with zero attached hydrogens (tertiary/aromatic N) is 1. The molecule has 0 saturated heterocycles. The van der Waals surface area contributed by atoms with E-state index in [1.54, 1.807) is 0 Å². The third-order valence-electron chi connectivity index (χ3n) is 3.03. The summed E-state index contributed by atoms with van der Waals surface area (Å²) in [5.41, 5.74) is 1.20. The van der Waals surface area contributed by atoms with Gasteiger partial charge in [-0.3, -0.25) is 4.90 Å². The van der Waals surface area contributed by atoms with E-state index in [0.717, 1.165) is 18.8 Å². The van der Waals surface area contributed by atoms with Crippen LogP contribution in [-0.2, 0) is 0 Å². The summed E-state index contributed by atoms with van der Waals surface area (Å²) in [5, 5.41) is 12.5. The highest BCUT2D eigenvalue weighted by molar-refractivity contribution is 5.29. The van der Waals surface area contributed by atoms with Crippen molar-refractivity contribution in [3.63, 3.8) is 0 Å². The van der Waals surface area contributed by atoms with E-state index < -0.39 is 0 Å². The molecule has 0 heterocycles. The van der Waals surface area contributed by atoms with Gasteiger partial charge in [-0.25, -0.2) is 0 Å². The average molecular weight is 252 g/mol. The van der Waals surface area contributed by atoms with Crippen LogP contribution in [0.25, 0.3) is 0 Å². The Bertz CT molecular complexity index is 323. The third kappa shape index (κ3) is 4.29. The highest BCUT2D eigenvalue weighted by Crippen LogP contribution is 2.18. The van der Waals surface area contributed by atoms with Gasteiger partial charge in [-0.2, -0.15) is 0 Å². The Hall–Kier alpha value is -1.10. The number of ether oxygens (including phenoxy) is 1. The maximum absolute atomic E-state index is 9.21. The molecule has 0 spiro atoms. The lowest BCUT2D eigenvalue weighted by atomic mass is 10.1. The average Bonchev–Trinajstić information content (AvgIpc) is 2.42. The van der Waals surface area contributed by atoms with E-state index >= 15 is 0 Å². The van der Waals surface area contributed by atoms with Crippen LogP contribution in [0.1, 0.15) is 25.5 Å². The summed E-state index contributed by atoms with van der Waals surface area (Å²) in [6.07, 6.45) is 0. The van der Waals surface area contributed by atoms with Gasteiger partial charge in [-0.1, -0.05) is 19.1 Å². The van der Waals surface area contributed by atoms with Crippen molar-refractivity contribution < 1.29 is 9.84 Å². The second kappa shape index (κ2) is 8.08. The monoisotopic (exact) mass is 252 g/mol. The first-order valence-electron chi connectivity index (χ1n) is 6.48. The third-order valence-corrected chi connectivity index (χ3v) is 3.03. The minimum Gasteiger partial charge on any atom is -0.494 e. The van der Waals surface area contributed by atoms with E-state index in [1.165, 1.54) is 5.56 Å². The number of hydrogen-bond acceptors (Lipinski definition) is 4. The summed E-state index contributed by atoms with van der Waals surface area (Å²) >= 11 is 0. The molecule has 2 N–H and O–H groups in total. The minimum absolute atomic E-state index is 0.0890. The fraction of sp³-hybridized carbons (Fsp3) is 0.571. The first kappa shape index (κ1) is 15.0. The Morgan fingerprint density at radius 1 is 1.28 bits per heavy atom. The van der Waals surface area contributed by atoms with Crippen LogP contribution in [0.3, 0.4) is 0 Å². The van der Waals surface area contributed by atoms with Crippen molar-refractivity contribution in [2.45, 2.75) is 19.9 Å². The molecule has 4 nitrogen and oxygen atoms in total. The summed E-state index contributed by atoms with van der Waals surface area (Å²) < 4.78 is 5.43. The van der Waals surface area contributed by atoms with Gasteiger partial charge in [0.25, 0.3) is 0 Å². The van der Waals surface area contributed by atoms with Crippen LogP contribution in [0, 0.1) is 0 Å². The van der Waals surface area contributed by atoms with Gasteiger partial charge >= 0.3 is 0 Å². The molecule has 0 fully saturated rings. The van der Waals surface area contributed by atoms with Crippen LogP contribution in [0.5, 0.6) is 5.75 Å². The summed E-state index contributed by atoms with van der Waals surface area (Å²) in [7, 11) is 1.94. The molecule has 1 atom stereocenters. The largest absolute Gasteiger partial charge is 0.494 e. The number of rotatable bonds is 8.